The summed E-state index contributed by atoms with van der Waals surface area (Å²) in [6.45, 7) is 3.98. The van der Waals surface area contributed by atoms with Crippen molar-refractivity contribution in [3.05, 3.63) is 0 Å². The van der Waals surface area contributed by atoms with Crippen LogP contribution < -0.4 is 5.32 Å². The smallest absolute Gasteiger partial charge is 0.0126 e. The molecule has 92 valence electrons. The quantitative estimate of drug-likeness (QED) is 0.787. The molecule has 2 nitrogen and oxygen atoms in total. The number of nitrogens with one attached hydrogen (secondary N) is 1. The third kappa shape index (κ3) is 2.02. The molecule has 1 aliphatic heterocycles. The second kappa shape index (κ2) is 4.66. The summed E-state index contributed by atoms with van der Waals surface area (Å²) in [7, 11) is 2.09. The summed E-state index contributed by atoms with van der Waals surface area (Å²) in [5.41, 5.74) is 0. The number of piperidine rings is 1. The highest BCUT2D eigenvalue weighted by Crippen LogP contribution is 2.47. The topological polar surface area (TPSA) is 15.3 Å². The van der Waals surface area contributed by atoms with Crippen molar-refractivity contribution in [2.45, 2.75) is 44.6 Å². The Bertz CT molecular complexity index is 233. The molecule has 2 bridgehead atoms. The van der Waals surface area contributed by atoms with Crippen molar-refractivity contribution in [3.8, 4) is 0 Å². The van der Waals surface area contributed by atoms with Crippen molar-refractivity contribution in [2.75, 3.05) is 26.7 Å². The molecule has 0 aromatic rings. The van der Waals surface area contributed by atoms with Gasteiger partial charge in [0.05, 0.1) is 0 Å². The second-order valence-electron chi connectivity index (χ2n) is 6.28. The van der Waals surface area contributed by atoms with Crippen LogP contribution in [-0.4, -0.2) is 37.6 Å². The first kappa shape index (κ1) is 11.0. The van der Waals surface area contributed by atoms with Crippen LogP contribution in [0.1, 0.15) is 38.5 Å². The Morgan fingerprint density at radius 1 is 1.06 bits per heavy atom. The molecule has 1 heterocycles. The van der Waals surface area contributed by atoms with Gasteiger partial charge in [0.25, 0.3) is 0 Å². The normalized spacial score (nSPS) is 40.7. The van der Waals surface area contributed by atoms with Gasteiger partial charge in [0.2, 0.25) is 0 Å². The number of likely N-dealkylation sites (tertiary alicyclic amines) is 1. The molecule has 0 radical (unpaired) electrons. The van der Waals surface area contributed by atoms with Crippen LogP contribution in [0.4, 0.5) is 0 Å². The van der Waals surface area contributed by atoms with E-state index in [2.05, 4.69) is 17.3 Å². The van der Waals surface area contributed by atoms with E-state index < -0.39 is 0 Å². The SMILES string of the molecule is CNCC1CCN(C2CC3CCC2C3)CC1. The lowest BCUT2D eigenvalue weighted by Gasteiger charge is -2.39. The van der Waals surface area contributed by atoms with E-state index in [1.54, 1.807) is 6.42 Å². The molecule has 0 amide bonds. The minimum atomic E-state index is 0.944. The van der Waals surface area contributed by atoms with Crippen LogP contribution in [0.2, 0.25) is 0 Å². The van der Waals surface area contributed by atoms with Gasteiger partial charge in [0.15, 0.2) is 0 Å². The molecule has 2 heteroatoms. The first-order valence-corrected chi connectivity index (χ1v) is 7.25. The zero-order valence-corrected chi connectivity index (χ0v) is 10.6. The lowest BCUT2D eigenvalue weighted by Crippen LogP contribution is -2.45. The number of rotatable bonds is 3. The molecule has 3 aliphatic rings. The molecular weight excluding hydrogens is 196 g/mol. The molecular formula is C14H26N2. The summed E-state index contributed by atoms with van der Waals surface area (Å²) in [6, 6.07) is 0.981. The molecule has 0 spiro atoms. The van der Waals surface area contributed by atoms with Crippen LogP contribution >= 0.6 is 0 Å². The van der Waals surface area contributed by atoms with E-state index in [9.17, 15) is 0 Å². The highest BCUT2D eigenvalue weighted by atomic mass is 15.2. The van der Waals surface area contributed by atoms with E-state index in [-0.39, 0.29) is 0 Å². The molecule has 2 aliphatic carbocycles. The largest absolute Gasteiger partial charge is 0.319 e. The Labute approximate surface area is 99.8 Å². The predicted octanol–water partition coefficient (Wildman–Crippen LogP) is 2.11. The van der Waals surface area contributed by atoms with Gasteiger partial charge < -0.3 is 10.2 Å². The average Bonchev–Trinajstić information content (AvgIpc) is 2.92. The van der Waals surface area contributed by atoms with Gasteiger partial charge in [-0.1, -0.05) is 6.42 Å². The molecule has 16 heavy (non-hydrogen) atoms. The molecule has 3 unspecified atom stereocenters. The third-order valence-electron chi connectivity index (χ3n) is 5.31. The van der Waals surface area contributed by atoms with Gasteiger partial charge in [0, 0.05) is 6.04 Å². The molecule has 1 saturated heterocycles. The van der Waals surface area contributed by atoms with Crippen LogP contribution in [0.3, 0.4) is 0 Å². The number of hydrogen-bond acceptors (Lipinski definition) is 2. The van der Waals surface area contributed by atoms with Crippen LogP contribution in [0.15, 0.2) is 0 Å². The van der Waals surface area contributed by atoms with E-state index in [0.29, 0.717) is 0 Å². The second-order valence-corrected chi connectivity index (χ2v) is 6.28. The van der Waals surface area contributed by atoms with Gasteiger partial charge in [-0.2, -0.15) is 0 Å². The fraction of sp³-hybridized carbons (Fsp3) is 1.00. The minimum absolute atomic E-state index is 0.944. The summed E-state index contributed by atoms with van der Waals surface area (Å²) >= 11 is 0. The molecule has 1 N–H and O–H groups in total. The van der Waals surface area contributed by atoms with E-state index in [0.717, 1.165) is 23.8 Å². The summed E-state index contributed by atoms with van der Waals surface area (Å²) in [5, 5.41) is 3.33. The fourth-order valence-electron chi connectivity index (χ4n) is 4.44. The summed E-state index contributed by atoms with van der Waals surface area (Å²) in [6.07, 6.45) is 9.01. The fourth-order valence-corrected chi connectivity index (χ4v) is 4.44. The molecule has 0 aromatic carbocycles. The van der Waals surface area contributed by atoms with Crippen molar-refractivity contribution in [1.29, 1.82) is 0 Å². The Morgan fingerprint density at radius 3 is 2.44 bits per heavy atom. The molecule has 3 fully saturated rings. The van der Waals surface area contributed by atoms with Crippen molar-refractivity contribution in [3.63, 3.8) is 0 Å². The van der Waals surface area contributed by atoms with Gasteiger partial charge >= 0.3 is 0 Å². The van der Waals surface area contributed by atoms with E-state index >= 15 is 0 Å². The maximum Gasteiger partial charge on any atom is 0.0126 e. The van der Waals surface area contributed by atoms with Crippen LogP contribution in [0.5, 0.6) is 0 Å². The van der Waals surface area contributed by atoms with Crippen LogP contribution in [0.25, 0.3) is 0 Å². The van der Waals surface area contributed by atoms with E-state index in [1.807, 2.05) is 0 Å². The summed E-state index contributed by atoms with van der Waals surface area (Å²) in [4.78, 5) is 2.83. The highest BCUT2D eigenvalue weighted by Gasteiger charge is 2.42. The molecule has 3 atom stereocenters. The Hall–Kier alpha value is -0.0800. The maximum absolute atomic E-state index is 3.33. The van der Waals surface area contributed by atoms with Crippen LogP contribution in [0, 0.1) is 17.8 Å². The third-order valence-corrected chi connectivity index (χ3v) is 5.31. The Morgan fingerprint density at radius 2 is 1.88 bits per heavy atom. The monoisotopic (exact) mass is 222 g/mol. The lowest BCUT2D eigenvalue weighted by molar-refractivity contribution is 0.0967. The highest BCUT2D eigenvalue weighted by molar-refractivity contribution is 4.96. The number of nitrogens with zero attached hydrogens (tertiary/aromatic N) is 1. The van der Waals surface area contributed by atoms with Gasteiger partial charge in [-0.05, 0) is 76.5 Å². The number of hydrogen-bond donors (Lipinski definition) is 1. The van der Waals surface area contributed by atoms with Crippen molar-refractivity contribution >= 4 is 0 Å². The number of fused-ring (bicyclic) bond motifs is 2. The van der Waals surface area contributed by atoms with E-state index in [4.69, 9.17) is 0 Å². The first-order chi connectivity index (χ1) is 7.86. The van der Waals surface area contributed by atoms with Crippen LogP contribution in [-0.2, 0) is 0 Å². The Kier molecular flexibility index (Phi) is 3.21. The van der Waals surface area contributed by atoms with Gasteiger partial charge in [-0.25, -0.2) is 0 Å². The lowest BCUT2D eigenvalue weighted by atomic mass is 9.90. The van der Waals surface area contributed by atoms with Gasteiger partial charge in [0.1, 0.15) is 0 Å². The van der Waals surface area contributed by atoms with Crippen molar-refractivity contribution < 1.29 is 0 Å². The zero-order valence-electron chi connectivity index (χ0n) is 10.6. The molecule has 2 saturated carbocycles. The van der Waals surface area contributed by atoms with Crippen molar-refractivity contribution in [1.82, 2.24) is 10.2 Å². The Balaban J connectivity index is 1.51. The van der Waals surface area contributed by atoms with Gasteiger partial charge in [-0.15, -0.1) is 0 Å². The van der Waals surface area contributed by atoms with Gasteiger partial charge in [-0.3, -0.25) is 0 Å². The van der Waals surface area contributed by atoms with Crippen molar-refractivity contribution in [2.24, 2.45) is 17.8 Å². The molecule has 3 rings (SSSR count). The summed E-state index contributed by atoms with van der Waals surface area (Å²) < 4.78 is 0. The summed E-state index contributed by atoms with van der Waals surface area (Å²) in [5.74, 6) is 3.12. The van der Waals surface area contributed by atoms with E-state index in [1.165, 1.54) is 51.7 Å². The molecule has 0 aromatic heterocycles. The first-order valence-electron chi connectivity index (χ1n) is 7.25. The predicted molar refractivity (Wildman–Crippen MR) is 67.5 cm³/mol. The average molecular weight is 222 g/mol. The maximum atomic E-state index is 3.33. The minimum Gasteiger partial charge on any atom is -0.319 e. The standard InChI is InChI=1S/C14H26N2/c1-15-10-11-4-6-16(7-5-11)14-9-12-2-3-13(14)8-12/h11-15H,2-10H2,1H3. The zero-order chi connectivity index (χ0) is 11.0.